The third-order valence-electron chi connectivity index (χ3n) is 2.61. The monoisotopic (exact) mass is 314 g/mol. The van der Waals surface area contributed by atoms with Crippen LogP contribution in [0.3, 0.4) is 0 Å². The minimum absolute atomic E-state index is 0.0237. The first kappa shape index (κ1) is 12.7. The molecule has 0 saturated carbocycles. The van der Waals surface area contributed by atoms with Crippen molar-refractivity contribution >= 4 is 33.6 Å². The molecule has 1 aliphatic heterocycles. The Bertz CT molecular complexity index is 506. The van der Waals surface area contributed by atoms with Gasteiger partial charge in [-0.2, -0.15) is 0 Å². The standard InChI is InChI=1S/C11H11BrN2O4/c1-14-8-4-6(12)2-3-9(8)18-5-7(10(14)15)13-11(16)17/h2-4,7,13H,5H2,1H3,(H,16,17). The molecule has 0 fully saturated rings. The minimum Gasteiger partial charge on any atom is -0.489 e. The van der Waals surface area contributed by atoms with E-state index in [1.807, 2.05) is 0 Å². The first-order valence-electron chi connectivity index (χ1n) is 5.18. The number of likely N-dealkylation sites (N-methyl/N-ethyl adjacent to an activating group) is 1. The largest absolute Gasteiger partial charge is 0.489 e. The van der Waals surface area contributed by atoms with Crippen molar-refractivity contribution in [2.75, 3.05) is 18.6 Å². The van der Waals surface area contributed by atoms with Crippen LogP contribution in [0, 0.1) is 0 Å². The molecule has 7 heteroatoms. The smallest absolute Gasteiger partial charge is 0.405 e. The van der Waals surface area contributed by atoms with Gasteiger partial charge < -0.3 is 20.1 Å². The molecule has 0 aliphatic carbocycles. The number of amides is 2. The van der Waals surface area contributed by atoms with Crippen molar-refractivity contribution in [2.45, 2.75) is 6.04 Å². The Morgan fingerprint density at radius 2 is 2.33 bits per heavy atom. The molecule has 1 aromatic rings. The SMILES string of the molecule is CN1C(=O)C(NC(=O)O)COc2ccc(Br)cc21. The molecule has 0 saturated heterocycles. The molecule has 0 spiro atoms. The highest BCUT2D eigenvalue weighted by Gasteiger charge is 2.30. The number of anilines is 1. The number of ether oxygens (including phenoxy) is 1. The summed E-state index contributed by atoms with van der Waals surface area (Å²) >= 11 is 3.32. The fraction of sp³-hybridized carbons (Fsp3) is 0.273. The molecule has 1 heterocycles. The summed E-state index contributed by atoms with van der Waals surface area (Å²) in [6.45, 7) is -0.0237. The first-order chi connectivity index (χ1) is 8.49. The topological polar surface area (TPSA) is 78.9 Å². The van der Waals surface area contributed by atoms with Crippen molar-refractivity contribution in [1.29, 1.82) is 0 Å². The van der Waals surface area contributed by atoms with Gasteiger partial charge in [-0.3, -0.25) is 4.79 Å². The maximum absolute atomic E-state index is 12.1. The van der Waals surface area contributed by atoms with Gasteiger partial charge in [-0.1, -0.05) is 15.9 Å². The van der Waals surface area contributed by atoms with Crippen molar-refractivity contribution in [3.63, 3.8) is 0 Å². The van der Waals surface area contributed by atoms with Gasteiger partial charge in [0.25, 0.3) is 5.91 Å². The van der Waals surface area contributed by atoms with Crippen LogP contribution in [0.25, 0.3) is 0 Å². The number of hydrogen-bond acceptors (Lipinski definition) is 3. The van der Waals surface area contributed by atoms with E-state index in [1.54, 1.807) is 25.2 Å². The highest BCUT2D eigenvalue weighted by atomic mass is 79.9. The van der Waals surface area contributed by atoms with E-state index in [-0.39, 0.29) is 12.5 Å². The molecule has 18 heavy (non-hydrogen) atoms. The van der Waals surface area contributed by atoms with Crippen LogP contribution in [-0.4, -0.2) is 36.8 Å². The van der Waals surface area contributed by atoms with Gasteiger partial charge in [0, 0.05) is 11.5 Å². The molecule has 0 radical (unpaired) electrons. The molecule has 2 N–H and O–H groups in total. The summed E-state index contributed by atoms with van der Waals surface area (Å²) in [6.07, 6.45) is -1.25. The number of nitrogens with zero attached hydrogens (tertiary/aromatic N) is 1. The highest BCUT2D eigenvalue weighted by Crippen LogP contribution is 2.33. The number of fused-ring (bicyclic) bond motifs is 1. The lowest BCUT2D eigenvalue weighted by molar-refractivity contribution is -0.120. The van der Waals surface area contributed by atoms with E-state index < -0.39 is 12.1 Å². The van der Waals surface area contributed by atoms with Gasteiger partial charge in [0.15, 0.2) is 0 Å². The van der Waals surface area contributed by atoms with Crippen molar-refractivity contribution in [2.24, 2.45) is 0 Å². The Kier molecular flexibility index (Phi) is 3.42. The Morgan fingerprint density at radius 1 is 1.61 bits per heavy atom. The van der Waals surface area contributed by atoms with E-state index in [0.717, 1.165) is 4.47 Å². The summed E-state index contributed by atoms with van der Waals surface area (Å²) < 4.78 is 6.26. The van der Waals surface area contributed by atoms with Gasteiger partial charge in [0.05, 0.1) is 5.69 Å². The normalized spacial score (nSPS) is 18.7. The van der Waals surface area contributed by atoms with E-state index in [1.165, 1.54) is 4.90 Å². The highest BCUT2D eigenvalue weighted by molar-refractivity contribution is 9.10. The van der Waals surface area contributed by atoms with Crippen LogP contribution in [0.2, 0.25) is 0 Å². The van der Waals surface area contributed by atoms with E-state index in [4.69, 9.17) is 9.84 Å². The molecule has 1 atom stereocenters. The van der Waals surface area contributed by atoms with Crippen LogP contribution in [0.1, 0.15) is 0 Å². The Balaban J connectivity index is 2.33. The molecule has 1 aliphatic rings. The molecule has 1 unspecified atom stereocenters. The van der Waals surface area contributed by atoms with E-state index in [9.17, 15) is 9.59 Å². The summed E-state index contributed by atoms with van der Waals surface area (Å²) in [5.74, 6) is 0.193. The number of hydrogen-bond donors (Lipinski definition) is 2. The summed E-state index contributed by atoms with van der Waals surface area (Å²) in [5.41, 5.74) is 0.601. The molecular weight excluding hydrogens is 304 g/mol. The summed E-state index contributed by atoms with van der Waals surface area (Å²) in [4.78, 5) is 24.1. The Hall–Kier alpha value is -1.76. The molecule has 1 aromatic carbocycles. The third kappa shape index (κ3) is 2.40. The molecule has 96 valence electrons. The van der Waals surface area contributed by atoms with Crippen LogP contribution in [-0.2, 0) is 4.79 Å². The van der Waals surface area contributed by atoms with Crippen LogP contribution in [0.15, 0.2) is 22.7 Å². The summed E-state index contributed by atoms with van der Waals surface area (Å²) in [6, 6.07) is 4.36. The van der Waals surface area contributed by atoms with E-state index in [0.29, 0.717) is 11.4 Å². The lowest BCUT2D eigenvalue weighted by atomic mass is 10.2. The Labute approximate surface area is 112 Å². The van der Waals surface area contributed by atoms with Crippen LogP contribution >= 0.6 is 15.9 Å². The van der Waals surface area contributed by atoms with Gasteiger partial charge in [0.1, 0.15) is 18.4 Å². The molecular formula is C11H11BrN2O4. The predicted molar refractivity (Wildman–Crippen MR) is 68.0 cm³/mol. The Morgan fingerprint density at radius 3 is 3.00 bits per heavy atom. The van der Waals surface area contributed by atoms with Gasteiger partial charge in [-0.25, -0.2) is 4.79 Å². The maximum Gasteiger partial charge on any atom is 0.405 e. The summed E-state index contributed by atoms with van der Waals surface area (Å²) in [7, 11) is 1.58. The fourth-order valence-corrected chi connectivity index (χ4v) is 2.07. The van der Waals surface area contributed by atoms with E-state index in [2.05, 4.69) is 21.2 Å². The predicted octanol–water partition coefficient (Wildman–Crippen LogP) is 1.44. The third-order valence-corrected chi connectivity index (χ3v) is 3.11. The molecule has 0 aromatic heterocycles. The van der Waals surface area contributed by atoms with Crippen LogP contribution in [0.4, 0.5) is 10.5 Å². The number of halogens is 1. The van der Waals surface area contributed by atoms with Gasteiger partial charge in [-0.05, 0) is 18.2 Å². The summed E-state index contributed by atoms with van der Waals surface area (Å²) in [5, 5.41) is 10.8. The molecule has 0 bridgehead atoms. The zero-order chi connectivity index (χ0) is 13.3. The second-order valence-electron chi connectivity index (χ2n) is 3.82. The number of carbonyl (C=O) groups excluding carboxylic acids is 1. The zero-order valence-corrected chi connectivity index (χ0v) is 11.1. The second kappa shape index (κ2) is 4.85. The van der Waals surface area contributed by atoms with Crippen LogP contribution in [0.5, 0.6) is 5.75 Å². The van der Waals surface area contributed by atoms with Gasteiger partial charge in [0.2, 0.25) is 0 Å². The fourth-order valence-electron chi connectivity index (χ4n) is 1.72. The van der Waals surface area contributed by atoms with Crippen molar-refractivity contribution in [3.8, 4) is 5.75 Å². The minimum atomic E-state index is -1.25. The van der Waals surface area contributed by atoms with E-state index >= 15 is 0 Å². The quantitative estimate of drug-likeness (QED) is 0.822. The van der Waals surface area contributed by atoms with Crippen molar-refractivity contribution in [3.05, 3.63) is 22.7 Å². The molecule has 6 nitrogen and oxygen atoms in total. The van der Waals surface area contributed by atoms with Gasteiger partial charge >= 0.3 is 6.09 Å². The first-order valence-corrected chi connectivity index (χ1v) is 5.97. The molecule has 2 amide bonds. The molecule has 2 rings (SSSR count). The lowest BCUT2D eigenvalue weighted by Gasteiger charge is -2.19. The zero-order valence-electron chi connectivity index (χ0n) is 9.51. The van der Waals surface area contributed by atoms with Gasteiger partial charge in [-0.15, -0.1) is 0 Å². The van der Waals surface area contributed by atoms with Crippen molar-refractivity contribution < 1.29 is 19.4 Å². The average molecular weight is 315 g/mol. The number of carboxylic acid groups (broad SMARTS) is 1. The average Bonchev–Trinajstić information content (AvgIpc) is 2.42. The number of benzene rings is 1. The van der Waals surface area contributed by atoms with Crippen LogP contribution < -0.4 is 15.0 Å². The lowest BCUT2D eigenvalue weighted by Crippen LogP contribution is -2.48. The second-order valence-corrected chi connectivity index (χ2v) is 4.74. The van der Waals surface area contributed by atoms with Crippen molar-refractivity contribution in [1.82, 2.24) is 5.32 Å². The number of nitrogens with one attached hydrogen (secondary N) is 1. The number of rotatable bonds is 1. The maximum atomic E-state index is 12.1. The number of carbonyl (C=O) groups is 2.